The van der Waals surface area contributed by atoms with Gasteiger partial charge in [0.1, 0.15) is 0 Å². The van der Waals surface area contributed by atoms with Crippen molar-refractivity contribution in [2.75, 3.05) is 31.7 Å². The molecule has 1 fully saturated rings. The molecular formula is C13H20N2O. The second kappa shape index (κ2) is 6.51. The van der Waals surface area contributed by atoms with Crippen molar-refractivity contribution in [3.05, 3.63) is 30.3 Å². The molecule has 88 valence electrons. The minimum Gasteiger partial charge on any atom is -0.301 e. The van der Waals surface area contributed by atoms with E-state index >= 15 is 0 Å². The number of benzene rings is 1. The zero-order valence-electron chi connectivity index (χ0n) is 9.69. The highest BCUT2D eigenvalue weighted by molar-refractivity contribution is 5.39. The van der Waals surface area contributed by atoms with Crippen molar-refractivity contribution >= 4 is 5.69 Å². The Morgan fingerprint density at radius 3 is 2.56 bits per heavy atom. The first-order valence-corrected chi connectivity index (χ1v) is 6.10. The summed E-state index contributed by atoms with van der Waals surface area (Å²) in [5, 5.41) is 0. The van der Waals surface area contributed by atoms with Gasteiger partial charge in [0.05, 0.1) is 12.3 Å². The lowest BCUT2D eigenvalue weighted by Gasteiger charge is -2.25. The molecule has 16 heavy (non-hydrogen) atoms. The van der Waals surface area contributed by atoms with Crippen LogP contribution in [0.1, 0.15) is 19.3 Å². The predicted octanol–water partition coefficient (Wildman–Crippen LogP) is 2.52. The molecule has 0 spiro atoms. The van der Waals surface area contributed by atoms with Crippen molar-refractivity contribution in [2.24, 2.45) is 0 Å². The van der Waals surface area contributed by atoms with E-state index in [0.29, 0.717) is 0 Å². The molecule has 3 heteroatoms. The summed E-state index contributed by atoms with van der Waals surface area (Å²) in [5.74, 6) is 0. The fourth-order valence-corrected chi connectivity index (χ4v) is 2.00. The summed E-state index contributed by atoms with van der Waals surface area (Å²) in [6.07, 6.45) is 4.07. The molecule has 1 heterocycles. The molecule has 1 aromatic carbocycles. The highest BCUT2D eigenvalue weighted by Gasteiger charge is 2.08. The van der Waals surface area contributed by atoms with Crippen LogP contribution in [0.3, 0.4) is 0 Å². The summed E-state index contributed by atoms with van der Waals surface area (Å²) in [6, 6.07) is 9.99. The molecule has 1 N–H and O–H groups in total. The lowest BCUT2D eigenvalue weighted by molar-refractivity contribution is 0.133. The van der Waals surface area contributed by atoms with E-state index in [2.05, 4.69) is 10.4 Å². The number of hydrogen-bond donors (Lipinski definition) is 1. The van der Waals surface area contributed by atoms with Crippen LogP contribution in [0, 0.1) is 0 Å². The first kappa shape index (κ1) is 11.4. The average Bonchev–Trinajstić information content (AvgIpc) is 2.37. The van der Waals surface area contributed by atoms with Crippen LogP contribution in [0.5, 0.6) is 0 Å². The van der Waals surface area contributed by atoms with Crippen molar-refractivity contribution in [2.45, 2.75) is 19.3 Å². The molecule has 1 aromatic rings. The van der Waals surface area contributed by atoms with E-state index in [1.807, 2.05) is 30.3 Å². The van der Waals surface area contributed by atoms with Crippen LogP contribution in [0.2, 0.25) is 0 Å². The lowest BCUT2D eigenvalue weighted by atomic mass is 10.1. The molecule has 0 unspecified atom stereocenters. The Labute approximate surface area is 97.4 Å². The maximum absolute atomic E-state index is 5.43. The molecular weight excluding hydrogens is 200 g/mol. The van der Waals surface area contributed by atoms with Gasteiger partial charge >= 0.3 is 0 Å². The molecule has 0 bridgehead atoms. The van der Waals surface area contributed by atoms with Gasteiger partial charge in [-0.05, 0) is 38.1 Å². The summed E-state index contributed by atoms with van der Waals surface area (Å²) in [6.45, 7) is 4.23. The van der Waals surface area contributed by atoms with Crippen LogP contribution in [0.4, 0.5) is 5.69 Å². The van der Waals surface area contributed by atoms with E-state index in [-0.39, 0.29) is 0 Å². The minimum atomic E-state index is 0.745. The van der Waals surface area contributed by atoms with Gasteiger partial charge in [0.15, 0.2) is 0 Å². The lowest BCUT2D eigenvalue weighted by Crippen LogP contribution is -2.33. The normalized spacial score (nSPS) is 17.2. The third kappa shape index (κ3) is 3.83. The largest absolute Gasteiger partial charge is 0.301 e. The number of para-hydroxylation sites is 1. The number of likely N-dealkylation sites (tertiary alicyclic amines) is 1. The number of nitrogens with zero attached hydrogens (tertiary/aromatic N) is 1. The first-order chi connectivity index (χ1) is 7.95. The standard InChI is InChI=1S/C13H20N2O/c1-3-7-13(8-4-1)14-16-12-11-15-9-5-2-6-10-15/h1,3-4,7-8,14H,2,5-6,9-12H2. The summed E-state index contributed by atoms with van der Waals surface area (Å²) in [5.41, 5.74) is 3.97. The third-order valence-electron chi connectivity index (χ3n) is 2.92. The quantitative estimate of drug-likeness (QED) is 0.609. The van der Waals surface area contributed by atoms with Crippen LogP contribution in [0.25, 0.3) is 0 Å². The molecule has 0 radical (unpaired) electrons. The van der Waals surface area contributed by atoms with Crippen molar-refractivity contribution in [1.82, 2.24) is 4.90 Å². The van der Waals surface area contributed by atoms with Crippen LogP contribution < -0.4 is 5.48 Å². The molecule has 3 nitrogen and oxygen atoms in total. The Morgan fingerprint density at radius 1 is 1.06 bits per heavy atom. The Morgan fingerprint density at radius 2 is 1.81 bits per heavy atom. The van der Waals surface area contributed by atoms with E-state index in [1.165, 1.54) is 32.4 Å². The van der Waals surface area contributed by atoms with Crippen LogP contribution >= 0.6 is 0 Å². The number of anilines is 1. The molecule has 0 aliphatic carbocycles. The highest BCUT2D eigenvalue weighted by atomic mass is 16.6. The monoisotopic (exact) mass is 220 g/mol. The number of rotatable bonds is 5. The molecule has 0 amide bonds. The van der Waals surface area contributed by atoms with Crippen molar-refractivity contribution < 1.29 is 4.84 Å². The van der Waals surface area contributed by atoms with Gasteiger partial charge in [0.2, 0.25) is 0 Å². The van der Waals surface area contributed by atoms with Crippen molar-refractivity contribution in [1.29, 1.82) is 0 Å². The van der Waals surface area contributed by atoms with Crippen LogP contribution in [-0.2, 0) is 4.84 Å². The van der Waals surface area contributed by atoms with Gasteiger partial charge in [0.25, 0.3) is 0 Å². The van der Waals surface area contributed by atoms with Gasteiger partial charge in [-0.2, -0.15) is 0 Å². The summed E-state index contributed by atoms with van der Waals surface area (Å²) >= 11 is 0. The Balaban J connectivity index is 1.58. The predicted molar refractivity (Wildman–Crippen MR) is 66.3 cm³/mol. The van der Waals surface area contributed by atoms with E-state index in [1.54, 1.807) is 0 Å². The van der Waals surface area contributed by atoms with Gasteiger partial charge in [-0.1, -0.05) is 24.6 Å². The molecule has 0 atom stereocenters. The second-order valence-corrected chi connectivity index (χ2v) is 4.22. The smallest absolute Gasteiger partial charge is 0.0873 e. The van der Waals surface area contributed by atoms with Crippen molar-refractivity contribution in [3.8, 4) is 0 Å². The fourth-order valence-electron chi connectivity index (χ4n) is 2.00. The van der Waals surface area contributed by atoms with E-state index in [9.17, 15) is 0 Å². The number of piperidine rings is 1. The van der Waals surface area contributed by atoms with Gasteiger partial charge in [-0.25, -0.2) is 0 Å². The fraction of sp³-hybridized carbons (Fsp3) is 0.538. The zero-order chi connectivity index (χ0) is 11.1. The molecule has 1 aliphatic rings. The molecule has 0 aromatic heterocycles. The van der Waals surface area contributed by atoms with E-state index < -0.39 is 0 Å². The van der Waals surface area contributed by atoms with Gasteiger partial charge in [-0.15, -0.1) is 0 Å². The number of hydrogen-bond acceptors (Lipinski definition) is 3. The molecule has 1 aliphatic heterocycles. The molecule has 1 saturated heterocycles. The first-order valence-electron chi connectivity index (χ1n) is 6.10. The van der Waals surface area contributed by atoms with Crippen molar-refractivity contribution in [3.63, 3.8) is 0 Å². The van der Waals surface area contributed by atoms with Crippen LogP contribution in [-0.4, -0.2) is 31.1 Å². The maximum Gasteiger partial charge on any atom is 0.0873 e. The second-order valence-electron chi connectivity index (χ2n) is 4.22. The van der Waals surface area contributed by atoms with E-state index in [4.69, 9.17) is 4.84 Å². The Hall–Kier alpha value is -1.06. The number of nitrogens with one attached hydrogen (secondary N) is 1. The Bertz CT molecular complexity index is 283. The summed E-state index contributed by atoms with van der Waals surface area (Å²) in [7, 11) is 0. The summed E-state index contributed by atoms with van der Waals surface area (Å²) in [4.78, 5) is 7.90. The minimum absolute atomic E-state index is 0.745. The van der Waals surface area contributed by atoms with Gasteiger partial charge in [-0.3, -0.25) is 10.3 Å². The third-order valence-corrected chi connectivity index (χ3v) is 2.92. The zero-order valence-corrected chi connectivity index (χ0v) is 9.69. The van der Waals surface area contributed by atoms with E-state index in [0.717, 1.165) is 18.8 Å². The highest BCUT2D eigenvalue weighted by Crippen LogP contribution is 2.08. The Kier molecular flexibility index (Phi) is 4.65. The maximum atomic E-state index is 5.43. The topological polar surface area (TPSA) is 24.5 Å². The van der Waals surface area contributed by atoms with Gasteiger partial charge in [0, 0.05) is 6.54 Å². The van der Waals surface area contributed by atoms with Crippen LogP contribution in [0.15, 0.2) is 30.3 Å². The summed E-state index contributed by atoms with van der Waals surface area (Å²) < 4.78 is 0. The van der Waals surface area contributed by atoms with Gasteiger partial charge < -0.3 is 4.90 Å². The molecule has 2 rings (SSSR count). The average molecular weight is 220 g/mol. The molecule has 0 saturated carbocycles. The SMILES string of the molecule is c1ccc(NOCCN2CCCCC2)cc1.